The van der Waals surface area contributed by atoms with Crippen molar-refractivity contribution in [3.8, 4) is 0 Å². The van der Waals surface area contributed by atoms with Gasteiger partial charge >= 0.3 is 0 Å². The zero-order valence-electron chi connectivity index (χ0n) is 10.1. The molecule has 1 amide bonds. The summed E-state index contributed by atoms with van der Waals surface area (Å²) in [5.74, 6) is -0.278. The largest absolute Gasteiger partial charge is 0.344 e. The molecule has 2 aromatic carbocycles. The summed E-state index contributed by atoms with van der Waals surface area (Å²) in [6.07, 6.45) is 0. The fraction of sp³-hybridized carbons (Fsp3) is 0.133. The van der Waals surface area contributed by atoms with Crippen LogP contribution in [0.3, 0.4) is 0 Å². The topological polar surface area (TPSA) is 29.1 Å². The molecular weight excluding hydrogens is 281 g/mol. The second-order valence-corrected chi connectivity index (χ2v) is 4.80. The van der Waals surface area contributed by atoms with Crippen LogP contribution in [0.4, 0.5) is 0 Å². The first-order chi connectivity index (χ1) is 9.20. The highest BCUT2D eigenvalue weighted by Gasteiger charge is 2.16. The predicted molar refractivity (Wildman–Crippen MR) is 78.6 cm³/mol. The van der Waals surface area contributed by atoms with Crippen molar-refractivity contribution >= 4 is 29.1 Å². The van der Waals surface area contributed by atoms with E-state index in [4.69, 9.17) is 23.2 Å². The lowest BCUT2D eigenvalue weighted by molar-refractivity contribution is -0.119. The number of amides is 1. The third-order valence-electron chi connectivity index (χ3n) is 2.74. The first-order valence-corrected chi connectivity index (χ1v) is 6.77. The molecule has 2 rings (SSSR count). The Kier molecular flexibility index (Phi) is 4.83. The molecule has 0 bridgehead atoms. The fourth-order valence-corrected chi connectivity index (χ4v) is 2.17. The number of carbonyl (C=O) groups is 1. The van der Waals surface area contributed by atoms with E-state index in [1.54, 1.807) is 6.07 Å². The summed E-state index contributed by atoms with van der Waals surface area (Å²) < 4.78 is 0. The highest BCUT2D eigenvalue weighted by molar-refractivity contribution is 6.30. The third kappa shape index (κ3) is 3.72. The first kappa shape index (κ1) is 13.9. The van der Waals surface area contributed by atoms with Crippen molar-refractivity contribution in [1.29, 1.82) is 0 Å². The van der Waals surface area contributed by atoms with E-state index in [0.717, 1.165) is 11.1 Å². The normalized spacial score (nSPS) is 11.9. The van der Waals surface area contributed by atoms with Gasteiger partial charge in [0.2, 0.25) is 5.91 Å². The summed E-state index contributed by atoms with van der Waals surface area (Å²) in [7, 11) is 0. The molecular formula is C15H13Cl2NO. The van der Waals surface area contributed by atoms with E-state index < -0.39 is 0 Å². The Labute approximate surface area is 122 Å². The van der Waals surface area contributed by atoms with Crippen LogP contribution in [0.1, 0.15) is 17.2 Å². The number of rotatable bonds is 4. The van der Waals surface area contributed by atoms with Crippen LogP contribution in [0.5, 0.6) is 0 Å². The van der Waals surface area contributed by atoms with E-state index in [1.165, 1.54) is 0 Å². The first-order valence-electron chi connectivity index (χ1n) is 5.86. The zero-order valence-corrected chi connectivity index (χ0v) is 11.7. The summed E-state index contributed by atoms with van der Waals surface area (Å²) in [6.45, 7) is 0. The molecule has 0 aliphatic carbocycles. The zero-order chi connectivity index (χ0) is 13.7. The summed E-state index contributed by atoms with van der Waals surface area (Å²) >= 11 is 11.6. The molecule has 0 aliphatic heterocycles. The van der Waals surface area contributed by atoms with Gasteiger partial charge in [0.25, 0.3) is 0 Å². The molecule has 0 fully saturated rings. The van der Waals surface area contributed by atoms with Gasteiger partial charge in [-0.3, -0.25) is 4.79 Å². The number of benzene rings is 2. The van der Waals surface area contributed by atoms with Crippen LogP contribution in [0, 0.1) is 0 Å². The average Bonchev–Trinajstić information content (AvgIpc) is 2.45. The Balaban J connectivity index is 2.37. The van der Waals surface area contributed by atoms with Gasteiger partial charge in [-0.1, -0.05) is 54.1 Å². The Morgan fingerprint density at radius 3 is 2.37 bits per heavy atom. The maximum Gasteiger partial charge on any atom is 0.235 e. The summed E-state index contributed by atoms with van der Waals surface area (Å²) in [6, 6.07) is 16.9. The molecule has 0 spiro atoms. The van der Waals surface area contributed by atoms with E-state index in [-0.39, 0.29) is 17.8 Å². The number of hydrogen-bond donors (Lipinski definition) is 1. The Hall–Kier alpha value is -1.51. The van der Waals surface area contributed by atoms with Crippen molar-refractivity contribution in [1.82, 2.24) is 5.32 Å². The van der Waals surface area contributed by atoms with Crippen LogP contribution in [0.25, 0.3) is 0 Å². The van der Waals surface area contributed by atoms with Gasteiger partial charge in [0.05, 0.1) is 6.04 Å². The van der Waals surface area contributed by atoms with Crippen molar-refractivity contribution in [2.75, 3.05) is 5.88 Å². The lowest BCUT2D eigenvalue weighted by Crippen LogP contribution is -2.30. The minimum absolute atomic E-state index is 0.0656. The molecule has 0 saturated carbocycles. The summed E-state index contributed by atoms with van der Waals surface area (Å²) in [5, 5.41) is 3.53. The lowest BCUT2D eigenvalue weighted by Gasteiger charge is -2.19. The van der Waals surface area contributed by atoms with Crippen LogP contribution < -0.4 is 5.32 Å². The standard InChI is InChI=1S/C15H13Cl2NO/c16-10-14(19)18-15(11-5-2-1-3-6-11)12-7-4-8-13(17)9-12/h1-9,15H,10H2,(H,18,19)/t15-/m1/s1. The molecule has 0 aromatic heterocycles. The number of alkyl halides is 1. The van der Waals surface area contributed by atoms with Crippen LogP contribution in [-0.4, -0.2) is 11.8 Å². The van der Waals surface area contributed by atoms with Crippen molar-refractivity contribution in [2.45, 2.75) is 6.04 Å². The smallest absolute Gasteiger partial charge is 0.235 e. The second-order valence-electron chi connectivity index (χ2n) is 4.10. The van der Waals surface area contributed by atoms with Gasteiger partial charge in [0, 0.05) is 5.02 Å². The molecule has 2 aromatic rings. The number of carbonyl (C=O) groups excluding carboxylic acids is 1. The molecule has 1 N–H and O–H groups in total. The van der Waals surface area contributed by atoms with Gasteiger partial charge in [-0.2, -0.15) is 0 Å². The second kappa shape index (κ2) is 6.60. The van der Waals surface area contributed by atoms with E-state index in [1.807, 2.05) is 48.5 Å². The van der Waals surface area contributed by atoms with Crippen LogP contribution in [0.15, 0.2) is 54.6 Å². The molecule has 19 heavy (non-hydrogen) atoms. The van der Waals surface area contributed by atoms with Crippen molar-refractivity contribution in [2.24, 2.45) is 0 Å². The maximum absolute atomic E-state index is 11.6. The van der Waals surface area contributed by atoms with E-state index in [9.17, 15) is 4.79 Å². The van der Waals surface area contributed by atoms with Gasteiger partial charge < -0.3 is 5.32 Å². The van der Waals surface area contributed by atoms with Crippen molar-refractivity contribution in [3.05, 3.63) is 70.7 Å². The van der Waals surface area contributed by atoms with Crippen LogP contribution >= 0.6 is 23.2 Å². The maximum atomic E-state index is 11.6. The SMILES string of the molecule is O=C(CCl)N[C@H](c1ccccc1)c1cccc(Cl)c1. The van der Waals surface area contributed by atoms with Crippen LogP contribution in [-0.2, 0) is 4.79 Å². The number of halogens is 2. The molecule has 4 heteroatoms. The molecule has 0 radical (unpaired) electrons. The van der Waals surface area contributed by atoms with Gasteiger partial charge in [-0.15, -0.1) is 11.6 Å². The number of nitrogens with one attached hydrogen (secondary N) is 1. The average molecular weight is 294 g/mol. The lowest BCUT2D eigenvalue weighted by atomic mass is 9.99. The highest BCUT2D eigenvalue weighted by Crippen LogP contribution is 2.24. The predicted octanol–water partition coefficient (Wildman–Crippen LogP) is 3.78. The molecule has 2 nitrogen and oxygen atoms in total. The van der Waals surface area contributed by atoms with E-state index in [2.05, 4.69) is 5.32 Å². The van der Waals surface area contributed by atoms with Gasteiger partial charge in [-0.05, 0) is 23.3 Å². The van der Waals surface area contributed by atoms with Crippen LogP contribution in [0.2, 0.25) is 5.02 Å². The monoisotopic (exact) mass is 293 g/mol. The highest BCUT2D eigenvalue weighted by atomic mass is 35.5. The summed E-state index contributed by atoms with van der Waals surface area (Å²) in [5.41, 5.74) is 1.92. The molecule has 1 atom stereocenters. The molecule has 0 aliphatic rings. The number of hydrogen-bond acceptors (Lipinski definition) is 1. The quantitative estimate of drug-likeness (QED) is 0.854. The fourth-order valence-electron chi connectivity index (χ4n) is 1.89. The Morgan fingerprint density at radius 2 is 1.74 bits per heavy atom. The van der Waals surface area contributed by atoms with Gasteiger partial charge in [0.1, 0.15) is 5.88 Å². The Morgan fingerprint density at radius 1 is 1.05 bits per heavy atom. The van der Waals surface area contributed by atoms with Gasteiger partial charge in [0.15, 0.2) is 0 Å². The Bertz CT molecular complexity index is 557. The minimum Gasteiger partial charge on any atom is -0.344 e. The molecule has 0 saturated heterocycles. The van der Waals surface area contributed by atoms with Crippen molar-refractivity contribution < 1.29 is 4.79 Å². The minimum atomic E-state index is -0.244. The molecule has 98 valence electrons. The summed E-state index contributed by atoms with van der Waals surface area (Å²) in [4.78, 5) is 11.6. The third-order valence-corrected chi connectivity index (χ3v) is 3.22. The van der Waals surface area contributed by atoms with Gasteiger partial charge in [-0.25, -0.2) is 0 Å². The van der Waals surface area contributed by atoms with Crippen molar-refractivity contribution in [3.63, 3.8) is 0 Å². The molecule has 0 unspecified atom stereocenters. The van der Waals surface area contributed by atoms with E-state index in [0.29, 0.717) is 5.02 Å². The van der Waals surface area contributed by atoms with E-state index >= 15 is 0 Å². The molecule has 0 heterocycles.